The van der Waals surface area contributed by atoms with Crippen molar-refractivity contribution in [2.75, 3.05) is 20.2 Å². The van der Waals surface area contributed by atoms with Crippen molar-refractivity contribution < 1.29 is 14.3 Å². The lowest BCUT2D eigenvalue weighted by molar-refractivity contribution is 0.0155. The summed E-state index contributed by atoms with van der Waals surface area (Å²) in [6.07, 6.45) is 1.64. The molecule has 0 unspecified atom stereocenters. The third kappa shape index (κ3) is 2.92. The number of hydrogen-bond acceptors (Lipinski definition) is 4. The van der Waals surface area contributed by atoms with Crippen molar-refractivity contribution in [3.05, 3.63) is 52.6 Å². The van der Waals surface area contributed by atoms with Crippen molar-refractivity contribution in [1.82, 2.24) is 9.88 Å². The predicted octanol–water partition coefficient (Wildman–Crippen LogP) is 2.76. The van der Waals surface area contributed by atoms with Crippen LogP contribution in [0.1, 0.15) is 10.4 Å². The summed E-state index contributed by atoms with van der Waals surface area (Å²) in [5.41, 5.74) is 0.572. The zero-order chi connectivity index (χ0) is 15.5. The van der Waals surface area contributed by atoms with Crippen LogP contribution < -0.4 is 9.47 Å². The molecule has 1 fully saturated rings. The van der Waals surface area contributed by atoms with Crippen molar-refractivity contribution >= 4 is 21.8 Å². The number of carbonyl (C=O) groups excluding carboxylic acids is 1. The minimum absolute atomic E-state index is 0.0372. The monoisotopic (exact) mass is 362 g/mol. The second-order valence-corrected chi connectivity index (χ2v) is 5.79. The minimum Gasteiger partial charge on any atom is -0.496 e. The molecule has 1 aliphatic rings. The van der Waals surface area contributed by atoms with Crippen LogP contribution in [0.15, 0.2) is 47.1 Å². The summed E-state index contributed by atoms with van der Waals surface area (Å²) in [5, 5.41) is 0. The van der Waals surface area contributed by atoms with Gasteiger partial charge >= 0.3 is 0 Å². The third-order valence-electron chi connectivity index (χ3n) is 3.48. The molecule has 2 aromatic rings. The Morgan fingerprint density at radius 3 is 2.77 bits per heavy atom. The first-order chi connectivity index (χ1) is 10.7. The van der Waals surface area contributed by atoms with E-state index in [0.717, 1.165) is 4.47 Å². The fraction of sp³-hybridized carbons (Fsp3) is 0.250. The Morgan fingerprint density at radius 1 is 1.27 bits per heavy atom. The number of rotatable bonds is 4. The summed E-state index contributed by atoms with van der Waals surface area (Å²) in [6, 6.07) is 10.9. The maximum atomic E-state index is 12.4. The minimum atomic E-state index is -0.0441. The Balaban J connectivity index is 1.61. The van der Waals surface area contributed by atoms with Crippen LogP contribution in [-0.4, -0.2) is 42.1 Å². The van der Waals surface area contributed by atoms with Gasteiger partial charge in [-0.1, -0.05) is 12.1 Å². The molecule has 1 saturated heterocycles. The highest BCUT2D eigenvalue weighted by Crippen LogP contribution is 2.26. The average molecular weight is 363 g/mol. The van der Waals surface area contributed by atoms with Gasteiger partial charge in [0.05, 0.1) is 30.2 Å². The molecule has 114 valence electrons. The van der Waals surface area contributed by atoms with Crippen molar-refractivity contribution in [2.24, 2.45) is 0 Å². The number of amides is 1. The number of likely N-dealkylation sites (tertiary alicyclic amines) is 1. The molecule has 1 aromatic heterocycles. The van der Waals surface area contributed by atoms with E-state index in [1.807, 2.05) is 24.3 Å². The van der Waals surface area contributed by atoms with Gasteiger partial charge in [0, 0.05) is 6.20 Å². The summed E-state index contributed by atoms with van der Waals surface area (Å²) < 4.78 is 11.8. The molecule has 0 spiro atoms. The maximum absolute atomic E-state index is 12.4. The molecule has 0 radical (unpaired) electrons. The van der Waals surface area contributed by atoms with E-state index in [9.17, 15) is 4.79 Å². The number of para-hydroxylation sites is 1. The van der Waals surface area contributed by atoms with Crippen LogP contribution in [-0.2, 0) is 0 Å². The zero-order valence-electron chi connectivity index (χ0n) is 12.0. The largest absolute Gasteiger partial charge is 0.496 e. The fourth-order valence-corrected chi connectivity index (χ4v) is 2.63. The number of nitrogens with zero attached hydrogens (tertiary/aromatic N) is 2. The fourth-order valence-electron chi connectivity index (χ4n) is 2.29. The number of pyridine rings is 1. The second-order valence-electron chi connectivity index (χ2n) is 4.94. The maximum Gasteiger partial charge on any atom is 0.257 e. The predicted molar refractivity (Wildman–Crippen MR) is 85.3 cm³/mol. The number of carbonyl (C=O) groups is 1. The average Bonchev–Trinajstić information content (AvgIpc) is 2.51. The third-order valence-corrected chi connectivity index (χ3v) is 4.08. The highest BCUT2D eigenvalue weighted by Gasteiger charge is 2.34. The second kappa shape index (κ2) is 6.36. The van der Waals surface area contributed by atoms with Gasteiger partial charge in [-0.15, -0.1) is 0 Å². The van der Waals surface area contributed by atoms with Crippen molar-refractivity contribution in [2.45, 2.75) is 6.10 Å². The number of benzene rings is 1. The zero-order valence-corrected chi connectivity index (χ0v) is 13.6. The molecule has 0 aliphatic carbocycles. The molecular formula is C16H15BrN2O3. The topological polar surface area (TPSA) is 51.7 Å². The van der Waals surface area contributed by atoms with E-state index in [0.29, 0.717) is 30.3 Å². The van der Waals surface area contributed by atoms with Gasteiger partial charge in [-0.2, -0.15) is 0 Å². The van der Waals surface area contributed by atoms with Crippen molar-refractivity contribution in [1.29, 1.82) is 0 Å². The quantitative estimate of drug-likeness (QED) is 0.838. The molecule has 0 atom stereocenters. The summed E-state index contributed by atoms with van der Waals surface area (Å²) in [4.78, 5) is 18.3. The van der Waals surface area contributed by atoms with Gasteiger partial charge in [0.15, 0.2) is 0 Å². The van der Waals surface area contributed by atoms with Gasteiger partial charge in [-0.25, -0.2) is 4.98 Å². The molecule has 1 amide bonds. The number of aromatic nitrogens is 1. The Labute approximate surface area is 137 Å². The van der Waals surface area contributed by atoms with E-state index in [-0.39, 0.29) is 12.0 Å². The van der Waals surface area contributed by atoms with E-state index >= 15 is 0 Å². The highest BCUT2D eigenvalue weighted by molar-refractivity contribution is 9.10. The lowest BCUT2D eigenvalue weighted by Crippen LogP contribution is -2.56. The molecule has 0 saturated carbocycles. The first-order valence-corrected chi connectivity index (χ1v) is 7.68. The molecular weight excluding hydrogens is 348 g/mol. The van der Waals surface area contributed by atoms with Gasteiger partial charge < -0.3 is 14.4 Å². The Bertz CT molecular complexity index is 687. The summed E-state index contributed by atoms with van der Waals surface area (Å²) in [6.45, 7) is 1.08. The first-order valence-electron chi connectivity index (χ1n) is 6.88. The summed E-state index contributed by atoms with van der Waals surface area (Å²) in [5.74, 6) is 1.10. The van der Waals surface area contributed by atoms with Crippen LogP contribution in [0.3, 0.4) is 0 Å². The molecule has 1 aromatic carbocycles. The smallest absolute Gasteiger partial charge is 0.257 e. The number of hydrogen-bond donors (Lipinski definition) is 0. The van der Waals surface area contributed by atoms with E-state index < -0.39 is 0 Å². The SMILES string of the molecule is COc1ccccc1C(=O)N1CC(Oc2ncccc2Br)C1. The van der Waals surface area contributed by atoms with E-state index in [1.54, 1.807) is 30.3 Å². The lowest BCUT2D eigenvalue weighted by Gasteiger charge is -2.38. The van der Waals surface area contributed by atoms with Gasteiger partial charge in [0.1, 0.15) is 11.9 Å². The van der Waals surface area contributed by atoms with E-state index in [4.69, 9.17) is 9.47 Å². The molecule has 22 heavy (non-hydrogen) atoms. The normalized spacial score (nSPS) is 14.4. The van der Waals surface area contributed by atoms with E-state index in [2.05, 4.69) is 20.9 Å². The molecule has 5 nitrogen and oxygen atoms in total. The van der Waals surface area contributed by atoms with Crippen molar-refractivity contribution in [3.8, 4) is 11.6 Å². The van der Waals surface area contributed by atoms with Crippen LogP contribution in [0, 0.1) is 0 Å². The van der Waals surface area contributed by atoms with Crippen LogP contribution in [0.4, 0.5) is 0 Å². The summed E-state index contributed by atoms with van der Waals surface area (Å²) in [7, 11) is 1.56. The molecule has 1 aliphatic heterocycles. The number of methoxy groups -OCH3 is 1. The molecule has 0 bridgehead atoms. The van der Waals surface area contributed by atoms with Crippen molar-refractivity contribution in [3.63, 3.8) is 0 Å². The molecule has 6 heteroatoms. The molecule has 2 heterocycles. The van der Waals surface area contributed by atoms with E-state index in [1.165, 1.54) is 0 Å². The standard InChI is InChI=1S/C16H15BrN2O3/c1-21-14-7-3-2-5-12(14)16(20)19-9-11(10-19)22-15-13(17)6-4-8-18-15/h2-8,11H,9-10H2,1H3. The lowest BCUT2D eigenvalue weighted by atomic mass is 10.1. The first kappa shape index (κ1) is 14.8. The Hall–Kier alpha value is -2.08. The highest BCUT2D eigenvalue weighted by atomic mass is 79.9. The van der Waals surface area contributed by atoms with Gasteiger partial charge in [-0.3, -0.25) is 4.79 Å². The Kier molecular flexibility index (Phi) is 4.29. The van der Waals surface area contributed by atoms with Crippen LogP contribution >= 0.6 is 15.9 Å². The van der Waals surface area contributed by atoms with Gasteiger partial charge in [0.2, 0.25) is 5.88 Å². The van der Waals surface area contributed by atoms with Crippen LogP contribution in [0.25, 0.3) is 0 Å². The van der Waals surface area contributed by atoms with Crippen LogP contribution in [0.2, 0.25) is 0 Å². The van der Waals surface area contributed by atoms with Gasteiger partial charge in [0.25, 0.3) is 5.91 Å². The Morgan fingerprint density at radius 2 is 2.05 bits per heavy atom. The number of ether oxygens (including phenoxy) is 2. The molecule has 0 N–H and O–H groups in total. The number of halogens is 1. The van der Waals surface area contributed by atoms with Crippen LogP contribution in [0.5, 0.6) is 11.6 Å². The summed E-state index contributed by atoms with van der Waals surface area (Å²) >= 11 is 3.39. The molecule has 3 rings (SSSR count). The van der Waals surface area contributed by atoms with Gasteiger partial charge in [-0.05, 0) is 40.2 Å².